The van der Waals surface area contributed by atoms with Gasteiger partial charge in [0.1, 0.15) is 0 Å². The van der Waals surface area contributed by atoms with Crippen LogP contribution in [-0.4, -0.2) is 27.6 Å². The van der Waals surface area contributed by atoms with Gasteiger partial charge in [0, 0.05) is 45.7 Å². The van der Waals surface area contributed by atoms with Gasteiger partial charge in [0.2, 0.25) is 11.7 Å². The van der Waals surface area contributed by atoms with Gasteiger partial charge in [0.05, 0.1) is 22.5 Å². The fourth-order valence-corrected chi connectivity index (χ4v) is 4.11. The summed E-state index contributed by atoms with van der Waals surface area (Å²) in [6.07, 6.45) is -0.169. The zero-order valence-electron chi connectivity index (χ0n) is 19.3. The molecule has 4 aromatic rings. The van der Waals surface area contributed by atoms with Gasteiger partial charge in [0.15, 0.2) is 6.10 Å². The van der Waals surface area contributed by atoms with E-state index in [1.165, 1.54) is 24.3 Å². The Morgan fingerprint density at radius 1 is 0.946 bits per heavy atom. The number of carbonyl (C=O) groups is 3. The van der Waals surface area contributed by atoms with Gasteiger partial charge in [-0.1, -0.05) is 52.3 Å². The van der Waals surface area contributed by atoms with E-state index in [1.807, 2.05) is 6.07 Å². The lowest BCUT2D eigenvalue weighted by molar-refractivity contribution is -0.384. The van der Waals surface area contributed by atoms with Crippen LogP contribution in [0.1, 0.15) is 34.9 Å². The molecule has 0 bridgehead atoms. The Morgan fingerprint density at radius 3 is 2.38 bits per heavy atom. The number of hydrogen-bond acceptors (Lipinski definition) is 7. The van der Waals surface area contributed by atoms with Gasteiger partial charge in [-0.3, -0.25) is 29.5 Å². The normalized spacial score (nSPS) is 11.5. The van der Waals surface area contributed by atoms with E-state index < -0.39 is 28.7 Å². The summed E-state index contributed by atoms with van der Waals surface area (Å²) in [5.74, 6) is -1.67. The smallest absolute Gasteiger partial charge is 0.307 e. The average Bonchev–Trinajstić information content (AvgIpc) is 2.92. The minimum Gasteiger partial charge on any atom is -0.449 e. The van der Waals surface area contributed by atoms with Crippen molar-refractivity contribution in [3.8, 4) is 0 Å². The van der Waals surface area contributed by atoms with Crippen molar-refractivity contribution in [3.05, 3.63) is 111 Å². The van der Waals surface area contributed by atoms with Crippen molar-refractivity contribution in [1.29, 1.82) is 0 Å². The fourth-order valence-electron chi connectivity index (χ4n) is 3.65. The first-order valence-corrected chi connectivity index (χ1v) is 12.0. The molecule has 3 aromatic carbocycles. The Balaban J connectivity index is 1.45. The van der Waals surface area contributed by atoms with Crippen molar-refractivity contribution in [2.75, 3.05) is 5.32 Å². The van der Waals surface area contributed by atoms with Crippen LogP contribution < -0.4 is 5.32 Å². The Bertz CT molecular complexity index is 1480. The van der Waals surface area contributed by atoms with Gasteiger partial charge in [-0.05, 0) is 30.3 Å². The number of halogens is 1. The Hall–Kier alpha value is -4.44. The molecule has 0 aliphatic heterocycles. The average molecular weight is 562 g/mol. The number of nitro groups is 1. The van der Waals surface area contributed by atoms with Crippen LogP contribution in [0.4, 0.5) is 11.4 Å². The number of carbonyl (C=O) groups excluding carboxylic acids is 3. The van der Waals surface area contributed by atoms with E-state index in [0.717, 1.165) is 9.86 Å². The first-order valence-electron chi connectivity index (χ1n) is 11.2. The lowest BCUT2D eigenvalue weighted by atomic mass is 9.99. The largest absolute Gasteiger partial charge is 0.449 e. The van der Waals surface area contributed by atoms with Crippen LogP contribution in [0.15, 0.2) is 89.5 Å². The van der Waals surface area contributed by atoms with Crippen LogP contribution in [0.2, 0.25) is 0 Å². The number of non-ortho nitro benzene ring substituents is 1. The van der Waals surface area contributed by atoms with Crippen molar-refractivity contribution in [2.24, 2.45) is 0 Å². The number of nitro benzene ring substituents is 1. The van der Waals surface area contributed by atoms with Crippen molar-refractivity contribution in [2.45, 2.75) is 18.9 Å². The highest BCUT2D eigenvalue weighted by Gasteiger charge is 2.27. The van der Waals surface area contributed by atoms with Gasteiger partial charge < -0.3 is 10.1 Å². The highest BCUT2D eigenvalue weighted by molar-refractivity contribution is 9.10. The third kappa shape index (κ3) is 6.22. The first kappa shape index (κ1) is 25.6. The second-order valence-electron chi connectivity index (χ2n) is 7.99. The van der Waals surface area contributed by atoms with Crippen molar-refractivity contribution in [3.63, 3.8) is 0 Å². The van der Waals surface area contributed by atoms with E-state index in [4.69, 9.17) is 4.74 Å². The van der Waals surface area contributed by atoms with E-state index in [2.05, 4.69) is 26.2 Å². The summed E-state index contributed by atoms with van der Waals surface area (Å²) in [5, 5.41) is 14.6. The minimum absolute atomic E-state index is 0.160. The Morgan fingerprint density at radius 2 is 1.68 bits per heavy atom. The Labute approximate surface area is 219 Å². The third-order valence-electron chi connectivity index (χ3n) is 5.50. The molecule has 4 rings (SSSR count). The topological polar surface area (TPSA) is 128 Å². The molecule has 1 amide bonds. The van der Waals surface area contributed by atoms with Crippen molar-refractivity contribution >= 4 is 55.9 Å². The monoisotopic (exact) mass is 561 g/mol. The minimum atomic E-state index is -1.32. The molecule has 1 N–H and O–H groups in total. The van der Waals surface area contributed by atoms with Gasteiger partial charge in [0.25, 0.3) is 5.69 Å². The molecule has 37 heavy (non-hydrogen) atoms. The molecule has 0 saturated carbocycles. The molecule has 0 spiro atoms. The maximum atomic E-state index is 13.1. The number of amides is 1. The zero-order valence-corrected chi connectivity index (χ0v) is 20.9. The van der Waals surface area contributed by atoms with E-state index in [0.29, 0.717) is 16.8 Å². The number of rotatable bonds is 9. The summed E-state index contributed by atoms with van der Waals surface area (Å²) in [6, 6.07) is 20.6. The lowest BCUT2D eigenvalue weighted by Crippen LogP contribution is -2.21. The molecule has 1 aromatic heterocycles. The quantitative estimate of drug-likeness (QED) is 0.118. The first-order chi connectivity index (χ1) is 17.8. The highest BCUT2D eigenvalue weighted by atomic mass is 79.9. The number of nitrogens with zero attached hydrogens (tertiary/aromatic N) is 2. The molecule has 9 nitrogen and oxygen atoms in total. The number of nitrogens with one attached hydrogen (secondary N) is 1. The molecule has 0 unspecified atom stereocenters. The summed E-state index contributed by atoms with van der Waals surface area (Å²) < 4.78 is 6.31. The molecule has 0 aliphatic carbocycles. The number of esters is 1. The maximum Gasteiger partial charge on any atom is 0.307 e. The number of hydrogen-bond donors (Lipinski definition) is 1. The van der Waals surface area contributed by atoms with Gasteiger partial charge >= 0.3 is 5.97 Å². The highest BCUT2D eigenvalue weighted by Crippen LogP contribution is 2.29. The predicted molar refractivity (Wildman–Crippen MR) is 140 cm³/mol. The summed E-state index contributed by atoms with van der Waals surface area (Å²) >= 11 is 3.45. The lowest BCUT2D eigenvalue weighted by Gasteiger charge is -2.17. The fraction of sp³-hybridized carbons (Fsp3) is 0.111. The van der Waals surface area contributed by atoms with Crippen molar-refractivity contribution < 1.29 is 24.0 Å². The second kappa shape index (κ2) is 11.5. The number of fused-ring (bicyclic) bond motifs is 1. The van der Waals surface area contributed by atoms with Crippen LogP contribution in [0.25, 0.3) is 10.9 Å². The third-order valence-corrected chi connectivity index (χ3v) is 6.19. The van der Waals surface area contributed by atoms with Crippen LogP contribution in [0.3, 0.4) is 0 Å². The zero-order chi connectivity index (χ0) is 26.4. The molecule has 0 radical (unpaired) electrons. The van der Waals surface area contributed by atoms with Gasteiger partial charge in [-0.15, -0.1) is 0 Å². The molecule has 1 atom stereocenters. The van der Waals surface area contributed by atoms with Crippen LogP contribution in [-0.2, 0) is 14.3 Å². The molecular formula is C27H20BrN3O6. The summed E-state index contributed by atoms with van der Waals surface area (Å²) in [7, 11) is 0. The SMILES string of the molecule is O=C(CCC(=O)O[C@@H](C(=O)c1ccccc1)c1ccc([N+](=O)[O-])cc1)Nc1ccc(Br)c2cccnc12. The maximum absolute atomic E-state index is 13.1. The van der Waals surface area contributed by atoms with Crippen molar-refractivity contribution in [1.82, 2.24) is 4.98 Å². The van der Waals surface area contributed by atoms with E-state index >= 15 is 0 Å². The number of Topliss-reactive ketones (excluding diaryl/α,β-unsaturated/α-hetero) is 1. The van der Waals surface area contributed by atoms with E-state index in [1.54, 1.807) is 54.7 Å². The molecular weight excluding hydrogens is 542 g/mol. The number of aromatic nitrogens is 1. The molecule has 1 heterocycles. The Kier molecular flexibility index (Phi) is 7.99. The summed E-state index contributed by atoms with van der Waals surface area (Å²) in [4.78, 5) is 53.1. The molecule has 0 fully saturated rings. The van der Waals surface area contributed by atoms with E-state index in [-0.39, 0.29) is 24.1 Å². The molecule has 0 aliphatic rings. The summed E-state index contributed by atoms with van der Waals surface area (Å²) in [5.41, 5.74) is 1.53. The van der Waals surface area contributed by atoms with Crippen LogP contribution in [0.5, 0.6) is 0 Å². The van der Waals surface area contributed by atoms with Crippen LogP contribution in [0, 0.1) is 10.1 Å². The number of ketones is 1. The van der Waals surface area contributed by atoms with Crippen LogP contribution >= 0.6 is 15.9 Å². The molecule has 0 saturated heterocycles. The standard InChI is InChI=1S/C27H20BrN3O6/c28-21-12-13-22(25-20(21)7-4-16-29-25)30-23(32)14-15-24(33)37-27(26(34)17-5-2-1-3-6-17)18-8-10-19(11-9-18)31(35)36/h1-13,16,27H,14-15H2,(H,30,32)/t27-/m1/s1. The number of ether oxygens (including phenoxy) is 1. The second-order valence-corrected chi connectivity index (χ2v) is 8.85. The molecule has 186 valence electrons. The van der Waals surface area contributed by atoms with E-state index in [9.17, 15) is 24.5 Å². The van der Waals surface area contributed by atoms with Gasteiger partial charge in [-0.2, -0.15) is 0 Å². The number of pyridine rings is 1. The van der Waals surface area contributed by atoms with Gasteiger partial charge in [-0.25, -0.2) is 0 Å². The number of benzene rings is 3. The predicted octanol–water partition coefficient (Wildman–Crippen LogP) is 5.79. The molecule has 10 heteroatoms. The number of anilines is 1. The summed E-state index contributed by atoms with van der Waals surface area (Å²) in [6.45, 7) is 0.